The van der Waals surface area contributed by atoms with Gasteiger partial charge in [0.2, 0.25) is 5.96 Å². The number of allylic oxidation sites excluding steroid dienone is 1. The number of para-hydroxylation sites is 3. The lowest BCUT2D eigenvalue weighted by Crippen LogP contribution is -2.37. The van der Waals surface area contributed by atoms with Crippen molar-refractivity contribution >= 4 is 34.7 Å². The largest absolute Gasteiger partial charge is 0.508 e. The molecule has 1 atom stereocenters. The maximum Gasteiger partial charge on any atom is 0.302 e. The van der Waals surface area contributed by atoms with Gasteiger partial charge in [0.05, 0.1) is 6.54 Å². The Morgan fingerprint density at radius 3 is 2.59 bits per heavy atom. The van der Waals surface area contributed by atoms with Crippen LogP contribution in [0.5, 0.6) is 5.75 Å². The number of aromatic hydroxyl groups is 1. The van der Waals surface area contributed by atoms with Gasteiger partial charge in [-0.05, 0) is 42.8 Å². The number of anilines is 1. The van der Waals surface area contributed by atoms with Crippen molar-refractivity contribution in [1.82, 2.24) is 9.88 Å². The number of hydrogen-bond donors (Lipinski definition) is 2. The SMILES string of the molecule is CC1=CC(c2ccccc2Cl)N=C(Nc2nc3ccccc3o2)N1Cc1ccccc1O. The number of rotatable bonds is 4. The van der Waals surface area contributed by atoms with Gasteiger partial charge in [0.15, 0.2) is 5.58 Å². The quantitative estimate of drug-likeness (QED) is 0.397. The molecule has 7 heteroatoms. The van der Waals surface area contributed by atoms with Crippen molar-refractivity contribution in [1.29, 1.82) is 0 Å². The second-order valence-electron chi connectivity index (χ2n) is 7.55. The average molecular weight is 445 g/mol. The predicted octanol–water partition coefficient (Wildman–Crippen LogP) is 6.12. The molecule has 2 heterocycles. The molecule has 2 N–H and O–H groups in total. The number of phenols is 1. The summed E-state index contributed by atoms with van der Waals surface area (Å²) in [5.74, 6) is 0.791. The first-order valence-corrected chi connectivity index (χ1v) is 10.6. The van der Waals surface area contributed by atoms with Crippen molar-refractivity contribution in [3.8, 4) is 5.75 Å². The average Bonchev–Trinajstić information content (AvgIpc) is 3.20. The Labute approximate surface area is 190 Å². The maximum absolute atomic E-state index is 10.3. The van der Waals surface area contributed by atoms with E-state index in [1.807, 2.05) is 72.5 Å². The molecular formula is C25H21ClN4O2. The number of fused-ring (bicyclic) bond motifs is 1. The van der Waals surface area contributed by atoms with E-state index in [4.69, 9.17) is 21.0 Å². The summed E-state index contributed by atoms with van der Waals surface area (Å²) in [6, 6.07) is 22.6. The fourth-order valence-electron chi connectivity index (χ4n) is 3.73. The fraction of sp³-hybridized carbons (Fsp3) is 0.120. The highest BCUT2D eigenvalue weighted by atomic mass is 35.5. The summed E-state index contributed by atoms with van der Waals surface area (Å²) in [6.45, 7) is 2.43. The van der Waals surface area contributed by atoms with Crippen LogP contribution >= 0.6 is 11.6 Å². The number of aliphatic imine (C=N–C) groups is 1. The van der Waals surface area contributed by atoms with Crippen molar-refractivity contribution in [2.24, 2.45) is 4.99 Å². The molecule has 5 rings (SSSR count). The summed E-state index contributed by atoms with van der Waals surface area (Å²) < 4.78 is 5.87. The number of guanidine groups is 1. The lowest BCUT2D eigenvalue weighted by molar-refractivity contribution is 0.437. The van der Waals surface area contributed by atoms with Crippen molar-refractivity contribution in [3.63, 3.8) is 0 Å². The molecule has 0 saturated carbocycles. The van der Waals surface area contributed by atoms with Crippen molar-refractivity contribution in [2.75, 3.05) is 5.32 Å². The third-order valence-corrected chi connectivity index (χ3v) is 5.74. The van der Waals surface area contributed by atoms with Crippen LogP contribution in [0.25, 0.3) is 11.1 Å². The molecule has 0 saturated heterocycles. The monoisotopic (exact) mass is 444 g/mol. The molecule has 1 aliphatic rings. The Balaban J connectivity index is 1.54. The van der Waals surface area contributed by atoms with Gasteiger partial charge in [0.1, 0.15) is 17.3 Å². The molecule has 32 heavy (non-hydrogen) atoms. The van der Waals surface area contributed by atoms with Crippen molar-refractivity contribution < 1.29 is 9.52 Å². The second kappa shape index (κ2) is 8.40. The van der Waals surface area contributed by atoms with Gasteiger partial charge >= 0.3 is 6.01 Å². The second-order valence-corrected chi connectivity index (χ2v) is 7.96. The molecule has 0 spiro atoms. The Kier molecular flexibility index (Phi) is 5.29. The Morgan fingerprint density at radius 1 is 1.03 bits per heavy atom. The zero-order valence-electron chi connectivity index (χ0n) is 17.4. The molecule has 6 nitrogen and oxygen atoms in total. The third-order valence-electron chi connectivity index (χ3n) is 5.40. The smallest absolute Gasteiger partial charge is 0.302 e. The standard InChI is InChI=1S/C25H21ClN4O2/c1-16-14-21(18-9-3-4-10-19(18)26)27-24(30(16)15-17-8-2-6-12-22(17)31)29-25-28-20-11-5-7-13-23(20)32-25/h2-14,21,31H,15H2,1H3,(H,27,28,29). The highest BCUT2D eigenvalue weighted by Gasteiger charge is 2.25. The first-order chi connectivity index (χ1) is 15.6. The van der Waals surface area contributed by atoms with Gasteiger partial charge in [-0.3, -0.25) is 5.32 Å². The minimum atomic E-state index is -0.267. The number of benzene rings is 3. The molecular weight excluding hydrogens is 424 g/mol. The number of hydrogen-bond acceptors (Lipinski definition) is 6. The molecule has 0 aliphatic carbocycles. The summed E-state index contributed by atoms with van der Waals surface area (Å²) in [5.41, 5.74) is 4.10. The maximum atomic E-state index is 10.3. The van der Waals surface area contributed by atoms with E-state index in [0.29, 0.717) is 29.1 Å². The van der Waals surface area contributed by atoms with E-state index < -0.39 is 0 Å². The van der Waals surface area contributed by atoms with Crippen LogP contribution in [0.3, 0.4) is 0 Å². The highest BCUT2D eigenvalue weighted by Crippen LogP contribution is 2.33. The summed E-state index contributed by atoms with van der Waals surface area (Å²) in [5, 5.41) is 14.2. The zero-order valence-corrected chi connectivity index (χ0v) is 18.1. The molecule has 0 radical (unpaired) electrons. The Morgan fingerprint density at radius 2 is 1.78 bits per heavy atom. The number of aromatic nitrogens is 1. The summed E-state index contributed by atoms with van der Waals surface area (Å²) in [6.07, 6.45) is 2.05. The lowest BCUT2D eigenvalue weighted by atomic mass is 10.0. The molecule has 160 valence electrons. The highest BCUT2D eigenvalue weighted by molar-refractivity contribution is 6.31. The normalized spacial score (nSPS) is 16.1. The number of nitrogens with one attached hydrogen (secondary N) is 1. The summed E-state index contributed by atoms with van der Waals surface area (Å²) in [7, 11) is 0. The molecule has 0 amide bonds. The topological polar surface area (TPSA) is 73.9 Å². The van der Waals surface area contributed by atoms with E-state index in [1.54, 1.807) is 12.1 Å². The van der Waals surface area contributed by atoms with Crippen LogP contribution < -0.4 is 5.32 Å². The number of halogens is 1. The van der Waals surface area contributed by atoms with Crippen molar-refractivity contribution in [2.45, 2.75) is 19.5 Å². The molecule has 0 fully saturated rings. The van der Waals surface area contributed by atoms with Crippen LogP contribution in [0.15, 0.2) is 94.0 Å². The van der Waals surface area contributed by atoms with Gasteiger partial charge in [0, 0.05) is 16.3 Å². The number of phenolic OH excluding ortho intramolecular Hbond substituents is 1. The van der Waals surface area contributed by atoms with Crippen LogP contribution in [0, 0.1) is 0 Å². The van der Waals surface area contributed by atoms with E-state index in [-0.39, 0.29) is 11.8 Å². The van der Waals surface area contributed by atoms with E-state index >= 15 is 0 Å². The third kappa shape index (κ3) is 3.92. The summed E-state index contributed by atoms with van der Waals surface area (Å²) in [4.78, 5) is 11.4. The molecule has 4 aromatic rings. The van der Waals surface area contributed by atoms with Crippen LogP contribution in [0.4, 0.5) is 6.01 Å². The molecule has 1 aliphatic heterocycles. The van der Waals surface area contributed by atoms with Gasteiger partial charge < -0.3 is 14.4 Å². The van der Waals surface area contributed by atoms with E-state index in [9.17, 15) is 5.11 Å². The number of nitrogens with zero attached hydrogens (tertiary/aromatic N) is 3. The first-order valence-electron chi connectivity index (χ1n) is 10.3. The van der Waals surface area contributed by atoms with Crippen LogP contribution in [0.1, 0.15) is 24.1 Å². The van der Waals surface area contributed by atoms with Gasteiger partial charge in [-0.15, -0.1) is 0 Å². The van der Waals surface area contributed by atoms with Gasteiger partial charge in [-0.1, -0.05) is 60.1 Å². The van der Waals surface area contributed by atoms with Crippen LogP contribution in [-0.4, -0.2) is 20.9 Å². The molecule has 1 aromatic heterocycles. The van der Waals surface area contributed by atoms with Gasteiger partial charge in [-0.2, -0.15) is 4.98 Å². The summed E-state index contributed by atoms with van der Waals surface area (Å²) >= 11 is 6.46. The molecule has 1 unspecified atom stereocenters. The van der Waals surface area contributed by atoms with E-state index in [0.717, 1.165) is 22.3 Å². The van der Waals surface area contributed by atoms with Crippen LogP contribution in [0.2, 0.25) is 5.02 Å². The van der Waals surface area contributed by atoms with E-state index in [1.165, 1.54) is 0 Å². The van der Waals surface area contributed by atoms with Crippen molar-refractivity contribution in [3.05, 3.63) is 101 Å². The molecule has 3 aromatic carbocycles. The van der Waals surface area contributed by atoms with Gasteiger partial charge in [-0.25, -0.2) is 4.99 Å². The van der Waals surface area contributed by atoms with Gasteiger partial charge in [0.25, 0.3) is 0 Å². The van der Waals surface area contributed by atoms with Crippen LogP contribution in [-0.2, 0) is 6.54 Å². The Hall–Kier alpha value is -3.77. The molecule has 0 bridgehead atoms. The minimum absolute atomic E-state index is 0.231. The number of oxazole rings is 1. The fourth-order valence-corrected chi connectivity index (χ4v) is 3.98. The predicted molar refractivity (Wildman–Crippen MR) is 127 cm³/mol. The Bertz CT molecular complexity index is 1310. The van der Waals surface area contributed by atoms with E-state index in [2.05, 4.69) is 16.4 Å². The zero-order chi connectivity index (χ0) is 22.1. The first kappa shape index (κ1) is 20.2. The lowest BCUT2D eigenvalue weighted by Gasteiger charge is -2.32. The minimum Gasteiger partial charge on any atom is -0.508 e.